The van der Waals surface area contributed by atoms with E-state index in [9.17, 15) is 14.7 Å². The number of hydrogen-bond acceptors (Lipinski definition) is 6. The number of rotatable bonds is 8. The summed E-state index contributed by atoms with van der Waals surface area (Å²) in [5.41, 5.74) is 1.35. The number of benzene rings is 4. The van der Waals surface area contributed by atoms with Gasteiger partial charge < -0.3 is 14.7 Å². The first-order valence-electron chi connectivity index (χ1n) is 13.4. The number of Topliss-reactive ketones (excluding diaryl/α,β-unsaturated/α-hetero) is 2. The summed E-state index contributed by atoms with van der Waals surface area (Å²) in [6.07, 6.45) is -0.0433. The Morgan fingerprint density at radius 2 is 1.39 bits per heavy atom. The minimum Gasteiger partial charge on any atom is -0.491 e. The molecule has 4 aromatic carbocycles. The van der Waals surface area contributed by atoms with Crippen molar-refractivity contribution in [1.29, 1.82) is 0 Å². The zero-order valence-corrected chi connectivity index (χ0v) is 21.4. The zero-order chi connectivity index (χ0) is 26.1. The molecule has 1 fully saturated rings. The van der Waals surface area contributed by atoms with Gasteiger partial charge in [0.2, 0.25) is 0 Å². The molecule has 6 rings (SSSR count). The van der Waals surface area contributed by atoms with Crippen molar-refractivity contribution in [3.63, 3.8) is 0 Å². The summed E-state index contributed by atoms with van der Waals surface area (Å²) in [5, 5.41) is 14.6. The van der Waals surface area contributed by atoms with Gasteiger partial charge in [-0.3, -0.25) is 14.5 Å². The van der Waals surface area contributed by atoms with E-state index in [2.05, 4.69) is 21.9 Å². The molecule has 1 atom stereocenters. The summed E-state index contributed by atoms with van der Waals surface area (Å²) in [4.78, 5) is 31.0. The summed E-state index contributed by atoms with van der Waals surface area (Å²) in [6, 6.07) is 25.5. The predicted molar refractivity (Wildman–Crippen MR) is 149 cm³/mol. The molecule has 0 saturated carbocycles. The average Bonchev–Trinajstić information content (AvgIpc) is 2.95. The van der Waals surface area contributed by atoms with Gasteiger partial charge in [-0.15, -0.1) is 0 Å². The van der Waals surface area contributed by atoms with Gasteiger partial charge in [-0.2, -0.15) is 0 Å². The lowest BCUT2D eigenvalue weighted by Crippen LogP contribution is -2.49. The SMILES string of the molecule is O=C1c2cccc3cccc(c23)C(=O)C1CCN1CCN(CC(O)COc2ccc3ccccc3c2)CC1. The standard InChI is InChI=1S/C32H32N2O4/c35-25(21-38-26-12-11-22-5-1-2-6-24(22)19-26)20-34-17-15-33(16-18-34)14-13-29-31(36)27-9-3-7-23-8-4-10-28(30(23)27)32(29)37/h1-12,19,25,29,35H,13-18,20-21H2. The van der Waals surface area contributed by atoms with E-state index in [-0.39, 0.29) is 18.2 Å². The highest BCUT2D eigenvalue weighted by Crippen LogP contribution is 2.33. The highest BCUT2D eigenvalue weighted by Gasteiger charge is 2.35. The third-order valence-electron chi connectivity index (χ3n) is 7.90. The summed E-state index contributed by atoms with van der Waals surface area (Å²) in [7, 11) is 0. The van der Waals surface area contributed by atoms with Crippen molar-refractivity contribution in [2.45, 2.75) is 12.5 Å². The Bertz CT molecular complexity index is 1440. The van der Waals surface area contributed by atoms with Crippen molar-refractivity contribution in [2.24, 2.45) is 5.92 Å². The molecule has 1 unspecified atom stereocenters. The number of ether oxygens (including phenoxy) is 1. The van der Waals surface area contributed by atoms with Crippen LogP contribution in [0.5, 0.6) is 5.75 Å². The molecule has 0 spiro atoms. The fraction of sp³-hybridized carbons (Fsp3) is 0.312. The normalized spacial score (nSPS) is 17.8. The molecule has 6 heteroatoms. The number of β-amino-alcohol motifs (C(OH)–C–C–N with tert-alkyl or cyclic N) is 1. The first-order valence-corrected chi connectivity index (χ1v) is 13.4. The van der Waals surface area contributed by atoms with Gasteiger partial charge in [0, 0.05) is 49.2 Å². The van der Waals surface area contributed by atoms with Crippen LogP contribution in [0, 0.1) is 5.92 Å². The van der Waals surface area contributed by atoms with Crippen molar-refractivity contribution in [3.8, 4) is 5.75 Å². The van der Waals surface area contributed by atoms with Crippen LogP contribution in [0.3, 0.4) is 0 Å². The summed E-state index contributed by atoms with van der Waals surface area (Å²) in [5.74, 6) is 0.0563. The Morgan fingerprint density at radius 1 is 0.763 bits per heavy atom. The van der Waals surface area contributed by atoms with Crippen LogP contribution >= 0.6 is 0 Å². The first-order chi connectivity index (χ1) is 18.6. The van der Waals surface area contributed by atoms with Crippen LogP contribution in [0.15, 0.2) is 78.9 Å². The fourth-order valence-corrected chi connectivity index (χ4v) is 5.82. The Morgan fingerprint density at radius 3 is 2.11 bits per heavy atom. The molecule has 1 heterocycles. The van der Waals surface area contributed by atoms with Crippen LogP contribution in [-0.2, 0) is 0 Å². The smallest absolute Gasteiger partial charge is 0.174 e. The van der Waals surface area contributed by atoms with Gasteiger partial charge in [-0.1, -0.05) is 66.7 Å². The third kappa shape index (κ3) is 4.95. The van der Waals surface area contributed by atoms with E-state index >= 15 is 0 Å². The number of ketones is 2. The Kier molecular flexibility index (Phi) is 6.94. The Balaban J connectivity index is 0.975. The summed E-state index contributed by atoms with van der Waals surface area (Å²) in [6.45, 7) is 4.88. The van der Waals surface area contributed by atoms with Crippen molar-refractivity contribution in [2.75, 3.05) is 45.9 Å². The lowest BCUT2D eigenvalue weighted by atomic mass is 9.78. The molecule has 0 amide bonds. The van der Waals surface area contributed by atoms with Crippen molar-refractivity contribution >= 4 is 33.1 Å². The van der Waals surface area contributed by atoms with Gasteiger partial charge in [-0.25, -0.2) is 0 Å². The zero-order valence-electron chi connectivity index (χ0n) is 21.4. The number of hydrogen-bond donors (Lipinski definition) is 1. The van der Waals surface area contributed by atoms with Crippen LogP contribution in [0.2, 0.25) is 0 Å². The Hall–Kier alpha value is -3.58. The molecule has 1 aliphatic carbocycles. The van der Waals surface area contributed by atoms with Crippen LogP contribution in [0.1, 0.15) is 27.1 Å². The monoisotopic (exact) mass is 508 g/mol. The highest BCUT2D eigenvalue weighted by atomic mass is 16.5. The number of aliphatic hydroxyl groups is 1. The number of aliphatic hydroxyl groups excluding tert-OH is 1. The van der Waals surface area contributed by atoms with Gasteiger partial charge in [-0.05, 0) is 41.3 Å². The van der Waals surface area contributed by atoms with Gasteiger partial charge in [0.25, 0.3) is 0 Å². The topological polar surface area (TPSA) is 70.1 Å². The maximum Gasteiger partial charge on any atom is 0.174 e. The molecule has 4 aromatic rings. The van der Waals surface area contributed by atoms with Gasteiger partial charge in [0.1, 0.15) is 18.5 Å². The second-order valence-electron chi connectivity index (χ2n) is 10.4. The highest BCUT2D eigenvalue weighted by molar-refractivity contribution is 6.29. The minimum atomic E-state index is -0.609. The van der Waals surface area contributed by atoms with Gasteiger partial charge >= 0.3 is 0 Å². The van der Waals surface area contributed by atoms with Crippen molar-refractivity contribution in [1.82, 2.24) is 9.80 Å². The summed E-state index contributed by atoms with van der Waals surface area (Å²) < 4.78 is 5.86. The second-order valence-corrected chi connectivity index (χ2v) is 10.4. The molecule has 194 valence electrons. The predicted octanol–water partition coefficient (Wildman–Crippen LogP) is 4.44. The van der Waals surface area contributed by atoms with Crippen molar-refractivity contribution in [3.05, 3.63) is 90.0 Å². The van der Waals surface area contributed by atoms with Crippen LogP contribution < -0.4 is 4.74 Å². The van der Waals surface area contributed by atoms with E-state index in [1.165, 1.54) is 0 Å². The molecule has 1 aliphatic heterocycles. The minimum absolute atomic E-state index is 0.0486. The Labute approximate surface area is 222 Å². The lowest BCUT2D eigenvalue weighted by molar-refractivity contribution is 0.0445. The maximum atomic E-state index is 13.2. The molecule has 0 radical (unpaired) electrons. The number of fused-ring (bicyclic) bond motifs is 1. The number of carbonyl (C=O) groups excluding carboxylic acids is 2. The molecular formula is C32H32N2O4. The third-order valence-corrected chi connectivity index (χ3v) is 7.90. The second kappa shape index (κ2) is 10.7. The number of carbonyl (C=O) groups is 2. The van der Waals surface area contributed by atoms with E-state index in [1.54, 1.807) is 0 Å². The lowest BCUT2D eigenvalue weighted by Gasteiger charge is -2.36. The average molecular weight is 509 g/mol. The largest absolute Gasteiger partial charge is 0.491 e. The van der Waals surface area contributed by atoms with Gasteiger partial charge in [0.15, 0.2) is 11.6 Å². The van der Waals surface area contributed by atoms with Crippen LogP contribution in [0.25, 0.3) is 21.5 Å². The number of nitrogens with zero attached hydrogens (tertiary/aromatic N) is 2. The molecule has 1 saturated heterocycles. The molecule has 2 aliphatic rings. The van der Waals surface area contributed by atoms with E-state index < -0.39 is 12.0 Å². The molecule has 1 N–H and O–H groups in total. The van der Waals surface area contributed by atoms with Crippen LogP contribution in [0.4, 0.5) is 0 Å². The quantitative estimate of drug-likeness (QED) is 0.355. The summed E-state index contributed by atoms with van der Waals surface area (Å²) >= 11 is 0. The van der Waals surface area contributed by atoms with E-state index in [0.717, 1.165) is 53.5 Å². The van der Waals surface area contributed by atoms with E-state index in [1.807, 2.05) is 66.7 Å². The van der Waals surface area contributed by atoms with Gasteiger partial charge in [0.05, 0.1) is 5.92 Å². The fourth-order valence-electron chi connectivity index (χ4n) is 5.82. The molecule has 0 bridgehead atoms. The van der Waals surface area contributed by atoms with Crippen molar-refractivity contribution < 1.29 is 19.4 Å². The van der Waals surface area contributed by atoms with E-state index in [0.29, 0.717) is 30.6 Å². The number of piperazine rings is 1. The van der Waals surface area contributed by atoms with E-state index in [4.69, 9.17) is 4.74 Å². The molecule has 38 heavy (non-hydrogen) atoms. The molecular weight excluding hydrogens is 476 g/mol. The maximum absolute atomic E-state index is 13.2. The molecule has 6 nitrogen and oxygen atoms in total. The van der Waals surface area contributed by atoms with Crippen LogP contribution in [-0.4, -0.2) is 78.5 Å². The first kappa shape index (κ1) is 24.7. The molecule has 0 aromatic heterocycles.